The zero-order valence-electron chi connectivity index (χ0n) is 11.5. The third kappa shape index (κ3) is 5.00. The molecular weight excluding hydrogens is 287 g/mol. The summed E-state index contributed by atoms with van der Waals surface area (Å²) in [6, 6.07) is -0.351. The van der Waals surface area contributed by atoms with Crippen molar-refractivity contribution in [3.8, 4) is 0 Å². The van der Waals surface area contributed by atoms with Crippen molar-refractivity contribution in [1.29, 1.82) is 0 Å². The summed E-state index contributed by atoms with van der Waals surface area (Å²) in [6.45, 7) is 0.316. The minimum Gasteiger partial charge on any atom is -0.330 e. The van der Waals surface area contributed by atoms with Crippen LogP contribution in [0.5, 0.6) is 0 Å². The molecule has 1 aliphatic heterocycles. The topological polar surface area (TPSA) is 63.1 Å². The number of rotatable bonds is 5. The standard InChI is InChI=1S/C12H18F3N5O/c13-12(14,15)7-20(10-1-4-16-5-2-10)11(21)3-6-19-9-17-8-18-19/h8-10,16H,1-7H2. The molecule has 2 heterocycles. The molecule has 2 rings (SSSR count). The number of amides is 1. The number of carbonyl (C=O) groups excluding carboxylic acids is 1. The molecule has 6 nitrogen and oxygen atoms in total. The van der Waals surface area contributed by atoms with Crippen LogP contribution in [-0.2, 0) is 11.3 Å². The number of carbonyl (C=O) groups is 1. The van der Waals surface area contributed by atoms with Crippen molar-refractivity contribution in [2.75, 3.05) is 19.6 Å². The zero-order chi connectivity index (χ0) is 15.3. The van der Waals surface area contributed by atoms with Crippen LogP contribution >= 0.6 is 0 Å². The van der Waals surface area contributed by atoms with Crippen molar-refractivity contribution < 1.29 is 18.0 Å². The van der Waals surface area contributed by atoms with Crippen LogP contribution in [0.3, 0.4) is 0 Å². The van der Waals surface area contributed by atoms with Crippen LogP contribution in [0.15, 0.2) is 12.7 Å². The van der Waals surface area contributed by atoms with Crippen LogP contribution in [0.2, 0.25) is 0 Å². The Labute approximate surface area is 120 Å². The maximum absolute atomic E-state index is 12.7. The fourth-order valence-corrected chi connectivity index (χ4v) is 2.43. The van der Waals surface area contributed by atoms with E-state index in [2.05, 4.69) is 15.4 Å². The van der Waals surface area contributed by atoms with Gasteiger partial charge in [-0.05, 0) is 25.9 Å². The monoisotopic (exact) mass is 305 g/mol. The van der Waals surface area contributed by atoms with Gasteiger partial charge < -0.3 is 10.2 Å². The number of piperidine rings is 1. The highest BCUT2D eigenvalue weighted by atomic mass is 19.4. The fraction of sp³-hybridized carbons (Fsp3) is 0.750. The number of halogens is 3. The summed E-state index contributed by atoms with van der Waals surface area (Å²) in [5, 5.41) is 6.92. The first-order valence-corrected chi connectivity index (χ1v) is 6.85. The fourth-order valence-electron chi connectivity index (χ4n) is 2.43. The molecule has 1 amide bonds. The number of alkyl halides is 3. The first kappa shape index (κ1) is 15.7. The molecule has 0 unspecified atom stereocenters. The summed E-state index contributed by atoms with van der Waals surface area (Å²) in [6.07, 6.45) is -0.538. The van der Waals surface area contributed by atoms with E-state index in [1.807, 2.05) is 0 Å². The first-order chi connectivity index (χ1) is 9.96. The van der Waals surface area contributed by atoms with Gasteiger partial charge in [0, 0.05) is 12.5 Å². The molecule has 1 aliphatic rings. The van der Waals surface area contributed by atoms with Gasteiger partial charge in [0.1, 0.15) is 19.2 Å². The Morgan fingerprint density at radius 2 is 2.10 bits per heavy atom. The van der Waals surface area contributed by atoms with Gasteiger partial charge in [-0.1, -0.05) is 0 Å². The molecule has 0 aliphatic carbocycles. The predicted molar refractivity (Wildman–Crippen MR) is 68.3 cm³/mol. The Morgan fingerprint density at radius 3 is 2.67 bits per heavy atom. The lowest BCUT2D eigenvalue weighted by Crippen LogP contribution is -2.49. The van der Waals surface area contributed by atoms with E-state index in [1.54, 1.807) is 0 Å². The SMILES string of the molecule is O=C(CCn1cncn1)N(CC(F)(F)F)C1CCNCC1. The number of nitrogens with one attached hydrogen (secondary N) is 1. The minimum absolute atomic E-state index is 0.0105. The molecule has 118 valence electrons. The van der Waals surface area contributed by atoms with Gasteiger partial charge in [-0.15, -0.1) is 0 Å². The molecule has 1 fully saturated rings. The summed E-state index contributed by atoms with van der Waals surface area (Å²) in [7, 11) is 0. The lowest BCUT2D eigenvalue weighted by atomic mass is 10.0. The van der Waals surface area contributed by atoms with Crippen LogP contribution in [0, 0.1) is 0 Å². The summed E-state index contributed by atoms with van der Waals surface area (Å²) in [5.41, 5.74) is 0. The molecule has 0 atom stereocenters. The van der Waals surface area contributed by atoms with E-state index in [4.69, 9.17) is 0 Å². The van der Waals surface area contributed by atoms with Crippen LogP contribution in [0.4, 0.5) is 13.2 Å². The number of nitrogens with zero attached hydrogens (tertiary/aromatic N) is 4. The largest absolute Gasteiger partial charge is 0.406 e. The van der Waals surface area contributed by atoms with Gasteiger partial charge in [0.15, 0.2) is 0 Å². The summed E-state index contributed by atoms with van der Waals surface area (Å²) in [5.74, 6) is -0.491. The van der Waals surface area contributed by atoms with Crippen molar-refractivity contribution in [1.82, 2.24) is 25.0 Å². The average Bonchev–Trinajstić information content (AvgIpc) is 2.95. The van der Waals surface area contributed by atoms with Gasteiger partial charge in [-0.25, -0.2) is 4.98 Å². The van der Waals surface area contributed by atoms with E-state index >= 15 is 0 Å². The highest BCUT2D eigenvalue weighted by Gasteiger charge is 2.36. The normalized spacial score (nSPS) is 16.9. The Bertz CT molecular complexity index is 442. The molecule has 0 bridgehead atoms. The van der Waals surface area contributed by atoms with Gasteiger partial charge in [0.05, 0.1) is 6.54 Å². The van der Waals surface area contributed by atoms with Gasteiger partial charge in [-0.3, -0.25) is 9.48 Å². The Hall–Kier alpha value is -1.64. The predicted octanol–water partition coefficient (Wildman–Crippen LogP) is 0.811. The van der Waals surface area contributed by atoms with Gasteiger partial charge in [0.25, 0.3) is 0 Å². The number of hydrogen-bond donors (Lipinski definition) is 1. The van der Waals surface area contributed by atoms with Crippen LogP contribution < -0.4 is 5.32 Å². The van der Waals surface area contributed by atoms with E-state index in [0.29, 0.717) is 25.9 Å². The highest BCUT2D eigenvalue weighted by molar-refractivity contribution is 5.76. The Kier molecular flexibility index (Phi) is 5.16. The molecule has 9 heteroatoms. The third-order valence-corrected chi connectivity index (χ3v) is 3.44. The molecule has 1 aromatic heterocycles. The van der Waals surface area contributed by atoms with E-state index in [1.165, 1.54) is 17.3 Å². The smallest absolute Gasteiger partial charge is 0.330 e. The Balaban J connectivity index is 1.97. The summed E-state index contributed by atoms with van der Waals surface area (Å²) < 4.78 is 39.5. The number of hydrogen-bond acceptors (Lipinski definition) is 4. The van der Waals surface area contributed by atoms with Gasteiger partial charge in [-0.2, -0.15) is 18.3 Å². The first-order valence-electron chi connectivity index (χ1n) is 6.85. The lowest BCUT2D eigenvalue weighted by Gasteiger charge is -2.35. The summed E-state index contributed by atoms with van der Waals surface area (Å²) in [4.78, 5) is 16.9. The molecule has 0 radical (unpaired) electrons. The second kappa shape index (κ2) is 6.88. The molecule has 0 spiro atoms. The summed E-state index contributed by atoms with van der Waals surface area (Å²) >= 11 is 0. The minimum atomic E-state index is -4.38. The average molecular weight is 305 g/mol. The van der Waals surface area contributed by atoms with Gasteiger partial charge >= 0.3 is 6.18 Å². The van der Waals surface area contributed by atoms with E-state index in [0.717, 1.165) is 4.90 Å². The van der Waals surface area contributed by atoms with Gasteiger partial charge in [0.2, 0.25) is 5.91 Å². The van der Waals surface area contributed by atoms with Crippen LogP contribution in [0.25, 0.3) is 0 Å². The van der Waals surface area contributed by atoms with Crippen LogP contribution in [-0.4, -0.2) is 57.4 Å². The quantitative estimate of drug-likeness (QED) is 0.874. The number of aromatic nitrogens is 3. The molecule has 1 aromatic rings. The molecule has 21 heavy (non-hydrogen) atoms. The second-order valence-corrected chi connectivity index (χ2v) is 5.03. The van der Waals surface area contributed by atoms with Crippen molar-refractivity contribution >= 4 is 5.91 Å². The van der Waals surface area contributed by atoms with Crippen LogP contribution in [0.1, 0.15) is 19.3 Å². The van der Waals surface area contributed by atoms with Crippen molar-refractivity contribution in [2.45, 2.75) is 38.0 Å². The highest BCUT2D eigenvalue weighted by Crippen LogP contribution is 2.22. The Morgan fingerprint density at radius 1 is 1.38 bits per heavy atom. The van der Waals surface area contributed by atoms with E-state index in [9.17, 15) is 18.0 Å². The lowest BCUT2D eigenvalue weighted by molar-refractivity contribution is -0.167. The van der Waals surface area contributed by atoms with Crippen molar-refractivity contribution in [3.63, 3.8) is 0 Å². The number of aryl methyl sites for hydroxylation is 1. The van der Waals surface area contributed by atoms with Crippen molar-refractivity contribution in [3.05, 3.63) is 12.7 Å². The van der Waals surface area contributed by atoms with E-state index in [-0.39, 0.29) is 19.0 Å². The molecular formula is C12H18F3N5O. The van der Waals surface area contributed by atoms with E-state index < -0.39 is 18.6 Å². The molecule has 0 saturated carbocycles. The molecule has 0 aromatic carbocycles. The maximum atomic E-state index is 12.7. The van der Waals surface area contributed by atoms with Crippen molar-refractivity contribution in [2.24, 2.45) is 0 Å². The maximum Gasteiger partial charge on any atom is 0.406 e. The zero-order valence-corrected chi connectivity index (χ0v) is 11.5. The molecule has 1 N–H and O–H groups in total. The second-order valence-electron chi connectivity index (χ2n) is 5.03. The molecule has 1 saturated heterocycles. The third-order valence-electron chi connectivity index (χ3n) is 3.44.